The summed E-state index contributed by atoms with van der Waals surface area (Å²) in [4.78, 5) is 14.6. The highest BCUT2D eigenvalue weighted by atomic mass is 35.5. The van der Waals surface area contributed by atoms with E-state index in [4.69, 9.17) is 0 Å². The largest absolute Gasteiger partial charge is 0.343 e. The van der Waals surface area contributed by atoms with Crippen molar-refractivity contribution >= 4 is 18.3 Å². The van der Waals surface area contributed by atoms with Crippen molar-refractivity contribution in [3.05, 3.63) is 35.4 Å². The molecule has 3 rings (SSSR count). The van der Waals surface area contributed by atoms with Crippen LogP contribution in [0.25, 0.3) is 0 Å². The monoisotopic (exact) mass is 336 g/mol. The third kappa shape index (κ3) is 4.71. The molecule has 0 bridgehead atoms. The average Bonchev–Trinajstić information content (AvgIpc) is 2.91. The first-order chi connectivity index (χ1) is 10.8. The van der Waals surface area contributed by atoms with Gasteiger partial charge in [-0.15, -0.1) is 12.4 Å². The quantitative estimate of drug-likeness (QED) is 0.916. The molecule has 0 aliphatic carbocycles. The predicted molar refractivity (Wildman–Crippen MR) is 97.1 cm³/mol. The zero-order valence-electron chi connectivity index (χ0n) is 14.1. The molecular formula is C19H29ClN2O. The van der Waals surface area contributed by atoms with Gasteiger partial charge in [-0.3, -0.25) is 4.79 Å². The molecule has 2 fully saturated rings. The van der Waals surface area contributed by atoms with Crippen LogP contribution in [-0.2, 0) is 17.6 Å². The minimum absolute atomic E-state index is 0. The molecule has 128 valence electrons. The van der Waals surface area contributed by atoms with Crippen LogP contribution in [0, 0.1) is 11.8 Å². The van der Waals surface area contributed by atoms with Crippen molar-refractivity contribution in [1.82, 2.24) is 10.2 Å². The van der Waals surface area contributed by atoms with Crippen molar-refractivity contribution in [2.24, 2.45) is 11.8 Å². The maximum Gasteiger partial charge on any atom is 0.222 e. The Hall–Kier alpha value is -1.06. The Morgan fingerprint density at radius 3 is 2.22 bits per heavy atom. The van der Waals surface area contributed by atoms with Gasteiger partial charge in [0, 0.05) is 19.5 Å². The van der Waals surface area contributed by atoms with E-state index in [0.29, 0.717) is 12.3 Å². The lowest BCUT2D eigenvalue weighted by atomic mass is 9.92. The number of amides is 1. The molecule has 4 heteroatoms. The van der Waals surface area contributed by atoms with E-state index >= 15 is 0 Å². The van der Waals surface area contributed by atoms with Gasteiger partial charge in [-0.1, -0.05) is 31.2 Å². The van der Waals surface area contributed by atoms with Crippen LogP contribution in [0.1, 0.15) is 37.3 Å². The summed E-state index contributed by atoms with van der Waals surface area (Å²) in [5.74, 6) is 1.92. The number of rotatable bonds is 4. The smallest absolute Gasteiger partial charge is 0.222 e. The Labute approximate surface area is 146 Å². The molecule has 1 aromatic carbocycles. The molecule has 2 heterocycles. The summed E-state index contributed by atoms with van der Waals surface area (Å²) in [6, 6.07) is 8.70. The zero-order valence-corrected chi connectivity index (χ0v) is 14.9. The number of likely N-dealkylation sites (tertiary alicyclic amines) is 1. The number of hydrogen-bond acceptors (Lipinski definition) is 2. The lowest BCUT2D eigenvalue weighted by molar-refractivity contribution is -0.131. The fraction of sp³-hybridized carbons (Fsp3) is 0.632. The first-order valence-corrected chi connectivity index (χ1v) is 8.82. The number of benzene rings is 1. The molecule has 1 N–H and O–H groups in total. The van der Waals surface area contributed by atoms with E-state index in [1.807, 2.05) is 0 Å². The SMILES string of the molecule is CCc1ccc(CCC(=O)N2CC[C@@H]3CNC[C@@H]3CC2)cc1.Cl. The molecule has 23 heavy (non-hydrogen) atoms. The molecule has 1 aromatic rings. The molecule has 1 amide bonds. The number of nitrogens with one attached hydrogen (secondary N) is 1. The van der Waals surface area contributed by atoms with Gasteiger partial charge in [-0.2, -0.15) is 0 Å². The van der Waals surface area contributed by atoms with Crippen LogP contribution in [0.15, 0.2) is 24.3 Å². The number of fused-ring (bicyclic) bond motifs is 1. The summed E-state index contributed by atoms with van der Waals surface area (Å²) in [5.41, 5.74) is 2.64. The van der Waals surface area contributed by atoms with Gasteiger partial charge in [0.2, 0.25) is 5.91 Å². The van der Waals surface area contributed by atoms with Gasteiger partial charge in [0.25, 0.3) is 0 Å². The maximum absolute atomic E-state index is 12.5. The van der Waals surface area contributed by atoms with Crippen molar-refractivity contribution in [2.75, 3.05) is 26.2 Å². The Kier molecular flexibility index (Phi) is 6.91. The van der Waals surface area contributed by atoms with Crippen molar-refractivity contribution < 1.29 is 4.79 Å². The van der Waals surface area contributed by atoms with Gasteiger partial charge < -0.3 is 10.2 Å². The minimum Gasteiger partial charge on any atom is -0.343 e. The van der Waals surface area contributed by atoms with Crippen molar-refractivity contribution in [3.63, 3.8) is 0 Å². The molecule has 0 spiro atoms. The van der Waals surface area contributed by atoms with Crippen LogP contribution < -0.4 is 5.32 Å². The Bertz CT molecular complexity index is 489. The van der Waals surface area contributed by atoms with E-state index in [1.165, 1.54) is 24.0 Å². The van der Waals surface area contributed by atoms with Gasteiger partial charge >= 0.3 is 0 Å². The standard InChI is InChI=1S/C19H28N2O.ClH/c1-2-15-3-5-16(6-4-15)7-8-19(22)21-11-9-17-13-20-14-18(17)10-12-21;/h3-6,17-18,20H,2,7-14H2,1H3;1H/t17-,18+;. The van der Waals surface area contributed by atoms with E-state index < -0.39 is 0 Å². The lowest BCUT2D eigenvalue weighted by Crippen LogP contribution is -2.32. The van der Waals surface area contributed by atoms with Crippen LogP contribution in [0.4, 0.5) is 0 Å². The van der Waals surface area contributed by atoms with Crippen molar-refractivity contribution in [3.8, 4) is 0 Å². The lowest BCUT2D eigenvalue weighted by Gasteiger charge is -2.21. The van der Waals surface area contributed by atoms with Gasteiger partial charge in [-0.25, -0.2) is 0 Å². The molecule has 2 saturated heterocycles. The summed E-state index contributed by atoms with van der Waals surface area (Å²) < 4.78 is 0. The van der Waals surface area contributed by atoms with Crippen molar-refractivity contribution in [2.45, 2.75) is 39.0 Å². The highest BCUT2D eigenvalue weighted by Crippen LogP contribution is 2.27. The van der Waals surface area contributed by atoms with Gasteiger partial charge in [-0.05, 0) is 61.7 Å². The Balaban J connectivity index is 0.00000192. The number of carbonyl (C=O) groups excluding carboxylic acids is 1. The van der Waals surface area contributed by atoms with Crippen LogP contribution in [0.3, 0.4) is 0 Å². The first-order valence-electron chi connectivity index (χ1n) is 8.82. The summed E-state index contributed by atoms with van der Waals surface area (Å²) in [5, 5.41) is 3.49. The predicted octanol–water partition coefficient (Wildman–Crippen LogP) is 3.06. The molecule has 0 aromatic heterocycles. The minimum atomic E-state index is 0. The summed E-state index contributed by atoms with van der Waals surface area (Å²) in [6.45, 7) is 6.38. The number of halogens is 1. The third-order valence-corrected chi connectivity index (χ3v) is 5.43. The highest BCUT2D eigenvalue weighted by Gasteiger charge is 2.31. The zero-order chi connectivity index (χ0) is 15.4. The summed E-state index contributed by atoms with van der Waals surface area (Å²) >= 11 is 0. The second-order valence-electron chi connectivity index (χ2n) is 6.81. The molecule has 2 atom stereocenters. The molecule has 0 saturated carbocycles. The third-order valence-electron chi connectivity index (χ3n) is 5.43. The van der Waals surface area contributed by atoms with Gasteiger partial charge in [0.15, 0.2) is 0 Å². The Morgan fingerprint density at radius 2 is 1.65 bits per heavy atom. The number of aryl methyl sites for hydroxylation is 2. The van der Waals surface area contributed by atoms with Crippen LogP contribution in [-0.4, -0.2) is 37.0 Å². The van der Waals surface area contributed by atoms with E-state index in [2.05, 4.69) is 41.4 Å². The topological polar surface area (TPSA) is 32.3 Å². The van der Waals surface area contributed by atoms with E-state index in [0.717, 1.165) is 50.9 Å². The number of carbonyl (C=O) groups is 1. The van der Waals surface area contributed by atoms with Gasteiger partial charge in [0.1, 0.15) is 0 Å². The van der Waals surface area contributed by atoms with Crippen LogP contribution in [0.5, 0.6) is 0 Å². The maximum atomic E-state index is 12.5. The van der Waals surface area contributed by atoms with Gasteiger partial charge in [0.05, 0.1) is 0 Å². The van der Waals surface area contributed by atoms with E-state index in [-0.39, 0.29) is 12.4 Å². The Morgan fingerprint density at radius 1 is 1.09 bits per heavy atom. The summed E-state index contributed by atoms with van der Waals surface area (Å²) in [6.07, 6.45) is 4.94. The second kappa shape index (κ2) is 8.70. The van der Waals surface area contributed by atoms with E-state index in [1.54, 1.807) is 0 Å². The first kappa shape index (κ1) is 18.3. The van der Waals surface area contributed by atoms with Crippen molar-refractivity contribution in [1.29, 1.82) is 0 Å². The molecule has 0 radical (unpaired) electrons. The van der Waals surface area contributed by atoms with Crippen LogP contribution >= 0.6 is 12.4 Å². The molecular weight excluding hydrogens is 308 g/mol. The molecule has 3 nitrogen and oxygen atoms in total. The fourth-order valence-electron chi connectivity index (χ4n) is 3.82. The normalized spacial score (nSPS) is 23.8. The van der Waals surface area contributed by atoms with Crippen LogP contribution in [0.2, 0.25) is 0 Å². The highest BCUT2D eigenvalue weighted by molar-refractivity contribution is 5.85. The average molecular weight is 337 g/mol. The fourth-order valence-corrected chi connectivity index (χ4v) is 3.82. The summed E-state index contributed by atoms with van der Waals surface area (Å²) in [7, 11) is 0. The number of nitrogens with zero attached hydrogens (tertiary/aromatic N) is 1. The molecule has 2 aliphatic rings. The number of hydrogen-bond donors (Lipinski definition) is 1. The molecule has 0 unspecified atom stereocenters. The molecule has 2 aliphatic heterocycles. The van der Waals surface area contributed by atoms with E-state index in [9.17, 15) is 4.79 Å². The second-order valence-corrected chi connectivity index (χ2v) is 6.81.